The zero-order valence-electron chi connectivity index (χ0n) is 13.7. The number of benzene rings is 1. The molecule has 4 rings (SSSR count). The lowest BCUT2D eigenvalue weighted by molar-refractivity contribution is -0.117. The van der Waals surface area contributed by atoms with Crippen molar-refractivity contribution in [2.24, 2.45) is 0 Å². The lowest BCUT2D eigenvalue weighted by Crippen LogP contribution is -2.31. The maximum atomic E-state index is 12.9. The van der Waals surface area contributed by atoms with Gasteiger partial charge in [0.05, 0.1) is 17.9 Å². The predicted molar refractivity (Wildman–Crippen MR) is 90.6 cm³/mol. The van der Waals surface area contributed by atoms with Gasteiger partial charge in [-0.2, -0.15) is 0 Å². The van der Waals surface area contributed by atoms with E-state index in [0.29, 0.717) is 11.3 Å². The number of nitrogens with zero attached hydrogens (tertiary/aromatic N) is 2. The van der Waals surface area contributed by atoms with Crippen LogP contribution in [0.4, 0.5) is 5.82 Å². The molecule has 1 amide bonds. The SMILES string of the molecule is Cc1cc(N2C(=O)C(O)=C(C(=O)c3ccco3)[C@H]2c2ccccc2)no1. The molecule has 0 fully saturated rings. The standard InChI is InChI=1S/C19H14N2O5/c1-11-10-14(20-26-11)21-16(12-6-3-2-4-7-12)15(18(23)19(21)24)17(22)13-8-5-9-25-13/h2-10,16,23H,1H3/t16-/m1/s1. The average Bonchev–Trinajstić information content (AvgIpc) is 3.37. The quantitative estimate of drug-likeness (QED) is 0.725. The molecule has 0 saturated carbocycles. The summed E-state index contributed by atoms with van der Waals surface area (Å²) in [5.74, 6) is -1.14. The molecule has 1 atom stereocenters. The Balaban J connectivity index is 1.88. The topological polar surface area (TPSA) is 96.8 Å². The summed E-state index contributed by atoms with van der Waals surface area (Å²) in [5.41, 5.74) is 0.595. The molecule has 0 spiro atoms. The van der Waals surface area contributed by atoms with Crippen molar-refractivity contribution in [2.75, 3.05) is 4.90 Å². The van der Waals surface area contributed by atoms with Crippen molar-refractivity contribution >= 4 is 17.5 Å². The van der Waals surface area contributed by atoms with Gasteiger partial charge in [0.1, 0.15) is 5.76 Å². The van der Waals surface area contributed by atoms with Crippen LogP contribution in [0.2, 0.25) is 0 Å². The molecule has 130 valence electrons. The molecule has 1 aliphatic heterocycles. The monoisotopic (exact) mass is 350 g/mol. The Labute approximate surface area is 148 Å². The molecule has 1 aromatic carbocycles. The number of ketones is 1. The number of rotatable bonds is 4. The molecule has 26 heavy (non-hydrogen) atoms. The third kappa shape index (κ3) is 2.41. The second-order valence-corrected chi connectivity index (χ2v) is 5.85. The van der Waals surface area contributed by atoms with Crippen LogP contribution in [0.15, 0.2) is 75.1 Å². The normalized spacial score (nSPS) is 17.2. The first kappa shape index (κ1) is 15.9. The van der Waals surface area contributed by atoms with E-state index in [1.54, 1.807) is 43.3 Å². The molecule has 1 aliphatic rings. The van der Waals surface area contributed by atoms with Crippen LogP contribution in [0.3, 0.4) is 0 Å². The van der Waals surface area contributed by atoms with E-state index in [4.69, 9.17) is 8.94 Å². The van der Waals surface area contributed by atoms with Crippen LogP contribution in [0.5, 0.6) is 0 Å². The Morgan fingerprint density at radius 3 is 2.58 bits per heavy atom. The van der Waals surface area contributed by atoms with E-state index in [0.717, 1.165) is 0 Å². The molecule has 0 unspecified atom stereocenters. The maximum Gasteiger partial charge on any atom is 0.295 e. The zero-order chi connectivity index (χ0) is 18.3. The summed E-state index contributed by atoms with van der Waals surface area (Å²) in [6.45, 7) is 1.69. The van der Waals surface area contributed by atoms with Crippen LogP contribution in [0.1, 0.15) is 27.9 Å². The lowest BCUT2D eigenvalue weighted by atomic mass is 9.95. The van der Waals surface area contributed by atoms with E-state index in [-0.39, 0.29) is 17.2 Å². The van der Waals surface area contributed by atoms with Gasteiger partial charge in [0.15, 0.2) is 17.3 Å². The number of furan rings is 1. The molecule has 2 aromatic heterocycles. The Hall–Kier alpha value is -3.61. The molecule has 0 bridgehead atoms. The molecule has 7 nitrogen and oxygen atoms in total. The van der Waals surface area contributed by atoms with Crippen molar-refractivity contribution in [3.8, 4) is 0 Å². The second-order valence-electron chi connectivity index (χ2n) is 5.85. The van der Waals surface area contributed by atoms with Crippen molar-refractivity contribution in [1.29, 1.82) is 0 Å². The Morgan fingerprint density at radius 2 is 1.96 bits per heavy atom. The number of aliphatic hydroxyl groups excluding tert-OH is 1. The number of amides is 1. The summed E-state index contributed by atoms with van der Waals surface area (Å²) in [7, 11) is 0. The molecule has 0 aliphatic carbocycles. The van der Waals surface area contributed by atoms with Crippen LogP contribution in [0.25, 0.3) is 0 Å². The van der Waals surface area contributed by atoms with Crippen molar-refractivity contribution in [3.63, 3.8) is 0 Å². The van der Waals surface area contributed by atoms with Crippen LogP contribution < -0.4 is 4.90 Å². The molecule has 7 heteroatoms. The number of aryl methyl sites for hydroxylation is 1. The Bertz CT molecular complexity index is 1000. The lowest BCUT2D eigenvalue weighted by Gasteiger charge is -2.24. The second kappa shape index (κ2) is 6.03. The highest BCUT2D eigenvalue weighted by atomic mass is 16.5. The molecular formula is C19H14N2O5. The first-order valence-corrected chi connectivity index (χ1v) is 7.91. The number of aliphatic hydroxyl groups is 1. The number of carbonyl (C=O) groups is 2. The molecule has 0 radical (unpaired) electrons. The van der Waals surface area contributed by atoms with Gasteiger partial charge in [-0.25, -0.2) is 0 Å². The van der Waals surface area contributed by atoms with Crippen molar-refractivity contribution < 1.29 is 23.6 Å². The Kier molecular flexibility index (Phi) is 3.69. The van der Waals surface area contributed by atoms with Gasteiger partial charge in [-0.3, -0.25) is 14.5 Å². The van der Waals surface area contributed by atoms with Gasteiger partial charge >= 0.3 is 0 Å². The van der Waals surface area contributed by atoms with Crippen molar-refractivity contribution in [3.05, 3.63) is 83.2 Å². The predicted octanol–water partition coefficient (Wildman–Crippen LogP) is 3.36. The fourth-order valence-electron chi connectivity index (χ4n) is 3.03. The molecular weight excluding hydrogens is 336 g/mol. The molecule has 3 heterocycles. The fourth-order valence-corrected chi connectivity index (χ4v) is 3.03. The molecule has 1 N–H and O–H groups in total. The number of carbonyl (C=O) groups excluding carboxylic acids is 2. The van der Waals surface area contributed by atoms with Gasteiger partial charge in [-0.15, -0.1) is 0 Å². The summed E-state index contributed by atoms with van der Waals surface area (Å²) >= 11 is 0. The van der Waals surface area contributed by atoms with E-state index >= 15 is 0 Å². The number of hydrogen-bond acceptors (Lipinski definition) is 6. The van der Waals surface area contributed by atoms with E-state index < -0.39 is 23.5 Å². The van der Waals surface area contributed by atoms with E-state index in [9.17, 15) is 14.7 Å². The zero-order valence-corrected chi connectivity index (χ0v) is 13.7. The largest absolute Gasteiger partial charge is 0.503 e. The van der Waals surface area contributed by atoms with Crippen LogP contribution in [-0.4, -0.2) is 22.0 Å². The maximum absolute atomic E-state index is 12.9. The molecule has 0 saturated heterocycles. The van der Waals surface area contributed by atoms with Crippen LogP contribution in [-0.2, 0) is 4.79 Å². The Morgan fingerprint density at radius 1 is 1.19 bits per heavy atom. The third-order valence-electron chi connectivity index (χ3n) is 4.18. The summed E-state index contributed by atoms with van der Waals surface area (Å²) in [4.78, 5) is 26.9. The van der Waals surface area contributed by atoms with Crippen LogP contribution >= 0.6 is 0 Å². The van der Waals surface area contributed by atoms with Gasteiger partial charge in [-0.05, 0) is 24.6 Å². The highest BCUT2D eigenvalue weighted by Crippen LogP contribution is 2.41. The summed E-state index contributed by atoms with van der Waals surface area (Å²) in [6, 6.07) is 12.7. The smallest absolute Gasteiger partial charge is 0.295 e. The van der Waals surface area contributed by atoms with E-state index in [2.05, 4.69) is 5.16 Å². The summed E-state index contributed by atoms with van der Waals surface area (Å²) < 4.78 is 10.2. The highest BCUT2D eigenvalue weighted by Gasteiger charge is 2.46. The summed E-state index contributed by atoms with van der Waals surface area (Å²) in [5, 5.41) is 14.3. The third-order valence-corrected chi connectivity index (χ3v) is 4.18. The van der Waals surface area contributed by atoms with Gasteiger partial charge in [-0.1, -0.05) is 35.5 Å². The molecule has 3 aromatic rings. The first-order chi connectivity index (χ1) is 12.6. The highest BCUT2D eigenvalue weighted by molar-refractivity contribution is 6.19. The minimum Gasteiger partial charge on any atom is -0.503 e. The fraction of sp³-hybridized carbons (Fsp3) is 0.105. The van der Waals surface area contributed by atoms with Gasteiger partial charge in [0.25, 0.3) is 5.91 Å². The van der Waals surface area contributed by atoms with E-state index in [1.807, 2.05) is 6.07 Å². The van der Waals surface area contributed by atoms with Crippen molar-refractivity contribution in [1.82, 2.24) is 5.16 Å². The number of aromatic nitrogens is 1. The van der Waals surface area contributed by atoms with E-state index in [1.165, 1.54) is 17.2 Å². The van der Waals surface area contributed by atoms with Crippen LogP contribution in [0, 0.1) is 6.92 Å². The van der Waals surface area contributed by atoms with Crippen molar-refractivity contribution in [2.45, 2.75) is 13.0 Å². The van der Waals surface area contributed by atoms with Gasteiger partial charge in [0.2, 0.25) is 5.78 Å². The number of Topliss-reactive ketones (excluding diaryl/α,β-unsaturated/α-hetero) is 1. The number of anilines is 1. The van der Waals surface area contributed by atoms with Gasteiger partial charge in [0, 0.05) is 6.07 Å². The minimum absolute atomic E-state index is 0.0402. The summed E-state index contributed by atoms with van der Waals surface area (Å²) in [6.07, 6.45) is 1.36. The van der Waals surface area contributed by atoms with Gasteiger partial charge < -0.3 is 14.0 Å². The average molecular weight is 350 g/mol. The minimum atomic E-state index is -0.842. The number of hydrogen-bond donors (Lipinski definition) is 1. The first-order valence-electron chi connectivity index (χ1n) is 7.91.